The van der Waals surface area contributed by atoms with Crippen molar-refractivity contribution < 1.29 is 19.1 Å². The van der Waals surface area contributed by atoms with Gasteiger partial charge in [-0.2, -0.15) is 0 Å². The fourth-order valence-corrected chi connectivity index (χ4v) is 4.16. The average Bonchev–Trinajstić information content (AvgIpc) is 3.33. The summed E-state index contributed by atoms with van der Waals surface area (Å²) < 4.78 is 5.79. The fraction of sp³-hybridized carbons (Fsp3) is 0.233. The standard InChI is InChI=1S/C30H34N6O4/c1-20-16-22-17-24(11-14-26(22)33-20)34-29(38)27(8-5-15-32-28(37)18-31)36-30(39)35-23-9-12-25(13-10-23)40-19-21-6-3-2-4-7-21/h2-4,6-7,9-14,16-17,27,33H,5,8,15,18-19,31H2,1H3,(H,32,37)(H,34,38)(H2,35,36,39)/t27-/m0/s1. The van der Waals surface area contributed by atoms with Crippen LogP contribution in [0.4, 0.5) is 16.2 Å². The van der Waals surface area contributed by atoms with E-state index in [4.69, 9.17) is 10.5 Å². The number of H-pyrrole nitrogens is 1. The summed E-state index contributed by atoms with van der Waals surface area (Å²) in [6.07, 6.45) is 0.773. The van der Waals surface area contributed by atoms with Gasteiger partial charge in [-0.3, -0.25) is 9.59 Å². The van der Waals surface area contributed by atoms with Gasteiger partial charge < -0.3 is 36.7 Å². The van der Waals surface area contributed by atoms with E-state index in [1.807, 2.05) is 55.5 Å². The molecule has 3 aromatic carbocycles. The van der Waals surface area contributed by atoms with Crippen LogP contribution in [0.1, 0.15) is 24.1 Å². The Morgan fingerprint density at radius 1 is 0.925 bits per heavy atom. The maximum Gasteiger partial charge on any atom is 0.319 e. The lowest BCUT2D eigenvalue weighted by atomic mass is 10.1. The lowest BCUT2D eigenvalue weighted by Gasteiger charge is -2.19. The van der Waals surface area contributed by atoms with E-state index in [1.54, 1.807) is 30.3 Å². The first-order chi connectivity index (χ1) is 19.4. The molecule has 7 N–H and O–H groups in total. The summed E-state index contributed by atoms with van der Waals surface area (Å²) in [6, 6.07) is 23.0. The van der Waals surface area contributed by atoms with Gasteiger partial charge in [-0.05, 0) is 73.9 Å². The van der Waals surface area contributed by atoms with Crippen molar-refractivity contribution in [1.82, 2.24) is 15.6 Å². The highest BCUT2D eigenvalue weighted by Gasteiger charge is 2.21. The maximum atomic E-state index is 13.2. The van der Waals surface area contributed by atoms with Crippen LogP contribution in [-0.2, 0) is 16.2 Å². The number of hydrogen-bond donors (Lipinski definition) is 6. The number of rotatable bonds is 12. The monoisotopic (exact) mass is 542 g/mol. The minimum Gasteiger partial charge on any atom is -0.489 e. The van der Waals surface area contributed by atoms with E-state index in [1.165, 1.54) is 0 Å². The smallest absolute Gasteiger partial charge is 0.319 e. The molecule has 0 aliphatic carbocycles. The van der Waals surface area contributed by atoms with Gasteiger partial charge >= 0.3 is 6.03 Å². The maximum absolute atomic E-state index is 13.2. The molecule has 10 nitrogen and oxygen atoms in total. The summed E-state index contributed by atoms with van der Waals surface area (Å²) in [5.41, 5.74) is 9.54. The first-order valence-electron chi connectivity index (χ1n) is 13.1. The van der Waals surface area contributed by atoms with Gasteiger partial charge in [0.25, 0.3) is 0 Å². The zero-order valence-electron chi connectivity index (χ0n) is 22.3. The van der Waals surface area contributed by atoms with Crippen molar-refractivity contribution in [3.63, 3.8) is 0 Å². The molecule has 0 spiro atoms. The molecule has 0 bridgehead atoms. The van der Waals surface area contributed by atoms with Crippen LogP contribution < -0.4 is 31.7 Å². The van der Waals surface area contributed by atoms with E-state index in [2.05, 4.69) is 26.3 Å². The Labute approximate surface area is 232 Å². The van der Waals surface area contributed by atoms with Crippen molar-refractivity contribution in [2.75, 3.05) is 23.7 Å². The number of nitrogens with one attached hydrogen (secondary N) is 5. The number of carbonyl (C=O) groups excluding carboxylic acids is 3. The first-order valence-corrected chi connectivity index (χ1v) is 13.1. The number of aryl methyl sites for hydroxylation is 1. The van der Waals surface area contributed by atoms with E-state index in [0.29, 0.717) is 43.1 Å². The zero-order chi connectivity index (χ0) is 28.3. The molecule has 0 saturated heterocycles. The quantitative estimate of drug-likeness (QED) is 0.149. The number of fused-ring (bicyclic) bond motifs is 1. The molecule has 4 amide bonds. The van der Waals surface area contributed by atoms with Crippen LogP contribution in [0.5, 0.6) is 5.75 Å². The van der Waals surface area contributed by atoms with Crippen molar-refractivity contribution in [3.8, 4) is 5.75 Å². The normalized spacial score (nSPS) is 11.4. The van der Waals surface area contributed by atoms with Gasteiger partial charge in [-0.25, -0.2) is 4.79 Å². The van der Waals surface area contributed by atoms with E-state index in [9.17, 15) is 14.4 Å². The highest BCUT2D eigenvalue weighted by atomic mass is 16.5. The van der Waals surface area contributed by atoms with Crippen LogP contribution >= 0.6 is 0 Å². The van der Waals surface area contributed by atoms with Crippen molar-refractivity contribution in [2.45, 2.75) is 32.4 Å². The molecule has 40 heavy (non-hydrogen) atoms. The van der Waals surface area contributed by atoms with E-state index in [0.717, 1.165) is 22.2 Å². The number of aromatic amines is 1. The van der Waals surface area contributed by atoms with Gasteiger partial charge in [0.15, 0.2) is 0 Å². The number of urea groups is 1. The lowest BCUT2D eigenvalue weighted by molar-refractivity contribution is -0.119. The number of amides is 4. The van der Waals surface area contributed by atoms with E-state index >= 15 is 0 Å². The summed E-state index contributed by atoms with van der Waals surface area (Å²) in [5, 5.41) is 12.1. The third-order valence-corrected chi connectivity index (χ3v) is 6.18. The van der Waals surface area contributed by atoms with Gasteiger partial charge in [0, 0.05) is 34.5 Å². The highest BCUT2D eigenvalue weighted by molar-refractivity contribution is 6.00. The number of aromatic nitrogens is 1. The predicted molar refractivity (Wildman–Crippen MR) is 156 cm³/mol. The molecule has 1 heterocycles. The van der Waals surface area contributed by atoms with E-state index in [-0.39, 0.29) is 18.4 Å². The van der Waals surface area contributed by atoms with Crippen LogP contribution in [0, 0.1) is 6.92 Å². The van der Waals surface area contributed by atoms with Gasteiger partial charge in [0.1, 0.15) is 18.4 Å². The topological polar surface area (TPSA) is 150 Å². The molecular weight excluding hydrogens is 508 g/mol. The third-order valence-electron chi connectivity index (χ3n) is 6.18. The summed E-state index contributed by atoms with van der Waals surface area (Å²) >= 11 is 0. The van der Waals surface area contributed by atoms with Crippen LogP contribution in [0.15, 0.2) is 78.9 Å². The Balaban J connectivity index is 1.35. The van der Waals surface area contributed by atoms with Gasteiger partial charge in [-0.15, -0.1) is 0 Å². The molecule has 0 radical (unpaired) electrons. The van der Waals surface area contributed by atoms with E-state index < -0.39 is 12.1 Å². The molecular formula is C30H34N6O4. The number of carbonyl (C=O) groups is 3. The molecule has 1 aromatic heterocycles. The number of anilines is 2. The van der Waals surface area contributed by atoms with Crippen molar-refractivity contribution >= 4 is 40.1 Å². The van der Waals surface area contributed by atoms with Crippen molar-refractivity contribution in [3.05, 3.63) is 90.1 Å². The number of hydrogen-bond acceptors (Lipinski definition) is 5. The summed E-state index contributed by atoms with van der Waals surface area (Å²) in [7, 11) is 0. The molecule has 4 aromatic rings. The largest absolute Gasteiger partial charge is 0.489 e. The molecule has 1 atom stereocenters. The third kappa shape index (κ3) is 8.34. The second kappa shape index (κ2) is 13.8. The summed E-state index contributed by atoms with van der Waals surface area (Å²) in [4.78, 5) is 40.7. The second-order valence-corrected chi connectivity index (χ2v) is 9.39. The van der Waals surface area contributed by atoms with Crippen LogP contribution in [0.2, 0.25) is 0 Å². The molecule has 10 heteroatoms. The lowest BCUT2D eigenvalue weighted by Crippen LogP contribution is -2.46. The second-order valence-electron chi connectivity index (χ2n) is 9.39. The first kappa shape index (κ1) is 28.2. The molecule has 0 saturated carbocycles. The van der Waals surface area contributed by atoms with Gasteiger partial charge in [0.2, 0.25) is 11.8 Å². The van der Waals surface area contributed by atoms with Crippen LogP contribution in [-0.4, -0.2) is 42.0 Å². The van der Waals surface area contributed by atoms with Crippen LogP contribution in [0.25, 0.3) is 10.9 Å². The Kier molecular flexibility index (Phi) is 9.73. The van der Waals surface area contributed by atoms with Crippen molar-refractivity contribution in [2.24, 2.45) is 5.73 Å². The highest BCUT2D eigenvalue weighted by Crippen LogP contribution is 2.21. The number of nitrogens with two attached hydrogens (primary N) is 1. The summed E-state index contributed by atoms with van der Waals surface area (Å²) in [5.74, 6) is 0.0238. The Morgan fingerprint density at radius 2 is 1.68 bits per heavy atom. The minimum atomic E-state index is -0.841. The predicted octanol–water partition coefficient (Wildman–Crippen LogP) is 4.04. The molecule has 0 fully saturated rings. The SMILES string of the molecule is Cc1cc2cc(NC(=O)[C@H](CCCNC(=O)CN)NC(=O)Nc3ccc(OCc4ccccc4)cc3)ccc2[nH]1. The molecule has 0 aliphatic heterocycles. The Morgan fingerprint density at radius 3 is 2.42 bits per heavy atom. The Hall–Kier alpha value is -4.83. The van der Waals surface area contributed by atoms with Crippen LogP contribution in [0.3, 0.4) is 0 Å². The summed E-state index contributed by atoms with van der Waals surface area (Å²) in [6.45, 7) is 2.63. The molecule has 208 valence electrons. The van der Waals surface area contributed by atoms with Gasteiger partial charge in [-0.1, -0.05) is 30.3 Å². The number of benzene rings is 3. The average molecular weight is 543 g/mol. The van der Waals surface area contributed by atoms with Crippen molar-refractivity contribution in [1.29, 1.82) is 0 Å². The molecule has 0 aliphatic rings. The Bertz CT molecular complexity index is 1440. The fourth-order valence-electron chi connectivity index (χ4n) is 4.16. The number of ether oxygens (including phenoxy) is 1. The van der Waals surface area contributed by atoms with Gasteiger partial charge in [0.05, 0.1) is 6.54 Å². The minimum absolute atomic E-state index is 0.109. The molecule has 0 unspecified atom stereocenters. The molecule has 4 rings (SSSR count). The zero-order valence-corrected chi connectivity index (χ0v) is 22.3.